The summed E-state index contributed by atoms with van der Waals surface area (Å²) in [4.78, 5) is 22.4. The van der Waals surface area contributed by atoms with E-state index in [0.29, 0.717) is 0 Å². The Labute approximate surface area is 149 Å². The highest BCUT2D eigenvalue weighted by Gasteiger charge is 2.28. The smallest absolute Gasteiger partial charge is 0.254 e. The van der Waals surface area contributed by atoms with Crippen molar-refractivity contribution in [2.45, 2.75) is 45.6 Å². The summed E-state index contributed by atoms with van der Waals surface area (Å²) in [6, 6.07) is 8.87. The molecule has 2 aromatic rings. The first kappa shape index (κ1) is 16.5. The van der Waals surface area contributed by atoms with Crippen molar-refractivity contribution in [1.82, 2.24) is 14.8 Å². The third-order valence-electron chi connectivity index (χ3n) is 5.77. The van der Waals surface area contributed by atoms with Gasteiger partial charge < -0.3 is 4.90 Å². The van der Waals surface area contributed by atoms with Crippen LogP contribution in [0.5, 0.6) is 0 Å². The Morgan fingerprint density at radius 3 is 2.48 bits per heavy atom. The lowest BCUT2D eigenvalue weighted by molar-refractivity contribution is 0.0575. The van der Waals surface area contributed by atoms with E-state index >= 15 is 0 Å². The van der Waals surface area contributed by atoms with Crippen LogP contribution in [0, 0.1) is 13.8 Å². The zero-order chi connectivity index (χ0) is 17.4. The summed E-state index contributed by atoms with van der Waals surface area (Å²) in [5.74, 6) is 0.159. The Morgan fingerprint density at radius 1 is 1.04 bits per heavy atom. The van der Waals surface area contributed by atoms with Gasteiger partial charge >= 0.3 is 0 Å². The highest BCUT2D eigenvalue weighted by atomic mass is 16.2. The number of fused-ring (bicyclic) bond motifs is 1. The summed E-state index contributed by atoms with van der Waals surface area (Å²) in [5, 5.41) is 0.980. The van der Waals surface area contributed by atoms with Crippen LogP contribution in [0.2, 0.25) is 0 Å². The lowest BCUT2D eigenvalue weighted by Crippen LogP contribution is -2.51. The normalized spacial score (nSPS) is 19.7. The lowest BCUT2D eigenvalue weighted by Gasteiger charge is -2.38. The summed E-state index contributed by atoms with van der Waals surface area (Å²) in [6.45, 7) is 7.73. The van der Waals surface area contributed by atoms with Crippen LogP contribution in [-0.2, 0) is 0 Å². The van der Waals surface area contributed by atoms with E-state index < -0.39 is 0 Å². The van der Waals surface area contributed by atoms with Crippen LogP contribution in [0.15, 0.2) is 24.3 Å². The second-order valence-corrected chi connectivity index (χ2v) is 7.60. The second kappa shape index (κ2) is 6.75. The fourth-order valence-electron chi connectivity index (χ4n) is 4.38. The zero-order valence-corrected chi connectivity index (χ0v) is 15.3. The molecule has 0 spiro atoms. The maximum Gasteiger partial charge on any atom is 0.254 e. The molecule has 132 valence electrons. The fraction of sp³-hybridized carbons (Fsp3) is 0.524. The number of nitrogens with zero attached hydrogens (tertiary/aromatic N) is 3. The van der Waals surface area contributed by atoms with E-state index in [1.165, 1.54) is 31.2 Å². The Kier molecular flexibility index (Phi) is 4.46. The molecule has 0 bridgehead atoms. The molecule has 0 unspecified atom stereocenters. The average Bonchev–Trinajstić information content (AvgIpc) is 3.16. The largest absolute Gasteiger partial charge is 0.336 e. The molecule has 1 aliphatic heterocycles. The van der Waals surface area contributed by atoms with Gasteiger partial charge in [0.1, 0.15) is 0 Å². The summed E-state index contributed by atoms with van der Waals surface area (Å²) in [5.41, 5.74) is 3.79. The number of aromatic nitrogens is 1. The number of aryl methyl sites for hydroxylation is 2. The second-order valence-electron chi connectivity index (χ2n) is 7.60. The number of benzene rings is 1. The number of rotatable bonds is 2. The minimum absolute atomic E-state index is 0.159. The summed E-state index contributed by atoms with van der Waals surface area (Å²) in [6.07, 6.45) is 5.40. The highest BCUT2D eigenvalue weighted by molar-refractivity contribution is 6.06. The van der Waals surface area contributed by atoms with Gasteiger partial charge in [-0.25, -0.2) is 0 Å². The van der Waals surface area contributed by atoms with Crippen molar-refractivity contribution in [3.63, 3.8) is 0 Å². The molecule has 2 heterocycles. The van der Waals surface area contributed by atoms with Crippen molar-refractivity contribution in [2.75, 3.05) is 26.2 Å². The molecule has 1 amide bonds. The third kappa shape index (κ3) is 3.28. The predicted molar refractivity (Wildman–Crippen MR) is 101 cm³/mol. The van der Waals surface area contributed by atoms with Gasteiger partial charge in [0.15, 0.2) is 0 Å². The number of hydrogen-bond donors (Lipinski definition) is 0. The van der Waals surface area contributed by atoms with E-state index in [0.717, 1.165) is 54.4 Å². The monoisotopic (exact) mass is 337 g/mol. The van der Waals surface area contributed by atoms with Crippen LogP contribution < -0.4 is 0 Å². The highest BCUT2D eigenvalue weighted by Crippen LogP contribution is 2.26. The van der Waals surface area contributed by atoms with Gasteiger partial charge in [-0.2, -0.15) is 0 Å². The summed E-state index contributed by atoms with van der Waals surface area (Å²) < 4.78 is 0. The first-order valence-electron chi connectivity index (χ1n) is 9.53. The molecule has 1 aromatic heterocycles. The van der Waals surface area contributed by atoms with Gasteiger partial charge in [-0.3, -0.25) is 14.7 Å². The van der Waals surface area contributed by atoms with Crippen molar-refractivity contribution in [2.24, 2.45) is 0 Å². The fourth-order valence-corrected chi connectivity index (χ4v) is 4.38. The topological polar surface area (TPSA) is 36.4 Å². The molecule has 4 heteroatoms. The molecular weight excluding hydrogens is 310 g/mol. The molecule has 0 atom stereocenters. The SMILES string of the molecule is Cc1ccc2nc(C)cc(C(=O)N3CCN(C4CCCC4)CC3)c2c1. The molecule has 1 aromatic carbocycles. The maximum atomic E-state index is 13.2. The molecule has 1 saturated heterocycles. The van der Waals surface area contributed by atoms with Crippen LogP contribution >= 0.6 is 0 Å². The molecule has 2 aliphatic rings. The first-order valence-corrected chi connectivity index (χ1v) is 9.53. The Bertz CT molecular complexity index is 787. The van der Waals surface area contributed by atoms with E-state index in [4.69, 9.17) is 0 Å². The van der Waals surface area contributed by atoms with E-state index in [-0.39, 0.29) is 5.91 Å². The standard InChI is InChI=1S/C21H27N3O/c1-15-7-8-20-18(13-15)19(14-16(2)22-20)21(25)24-11-9-23(10-12-24)17-5-3-4-6-17/h7-8,13-14,17H,3-6,9-12H2,1-2H3. The number of piperazine rings is 1. The molecule has 2 fully saturated rings. The number of carbonyl (C=O) groups excluding carboxylic acids is 1. The molecule has 0 N–H and O–H groups in total. The van der Waals surface area contributed by atoms with Crippen LogP contribution in [0.4, 0.5) is 0 Å². The van der Waals surface area contributed by atoms with E-state index in [1.54, 1.807) is 0 Å². The molecule has 25 heavy (non-hydrogen) atoms. The van der Waals surface area contributed by atoms with Gasteiger partial charge in [-0.05, 0) is 44.9 Å². The predicted octanol–water partition coefficient (Wildman–Crippen LogP) is 3.55. The minimum Gasteiger partial charge on any atom is -0.336 e. The van der Waals surface area contributed by atoms with Crippen LogP contribution in [0.1, 0.15) is 47.3 Å². The molecule has 1 aliphatic carbocycles. The number of amides is 1. The molecule has 4 nitrogen and oxygen atoms in total. The Hall–Kier alpha value is -1.94. The molecular formula is C21H27N3O. The number of carbonyl (C=O) groups is 1. The first-order chi connectivity index (χ1) is 12.1. The van der Waals surface area contributed by atoms with Crippen LogP contribution in [0.25, 0.3) is 10.9 Å². The van der Waals surface area contributed by atoms with Crippen LogP contribution in [-0.4, -0.2) is 52.9 Å². The number of hydrogen-bond acceptors (Lipinski definition) is 3. The molecule has 0 radical (unpaired) electrons. The summed E-state index contributed by atoms with van der Waals surface area (Å²) >= 11 is 0. The zero-order valence-electron chi connectivity index (χ0n) is 15.3. The van der Waals surface area contributed by atoms with Gasteiger partial charge in [0.05, 0.1) is 11.1 Å². The summed E-state index contributed by atoms with van der Waals surface area (Å²) in [7, 11) is 0. The molecule has 1 saturated carbocycles. The van der Waals surface area contributed by atoms with E-state index in [9.17, 15) is 4.79 Å². The Morgan fingerprint density at radius 2 is 1.76 bits per heavy atom. The van der Waals surface area contributed by atoms with Gasteiger partial charge in [0, 0.05) is 43.3 Å². The van der Waals surface area contributed by atoms with Crippen molar-refractivity contribution in [1.29, 1.82) is 0 Å². The molecule has 4 rings (SSSR count). The van der Waals surface area contributed by atoms with Gasteiger partial charge in [-0.1, -0.05) is 24.5 Å². The average molecular weight is 337 g/mol. The Balaban J connectivity index is 1.55. The van der Waals surface area contributed by atoms with Crippen molar-refractivity contribution >= 4 is 16.8 Å². The van der Waals surface area contributed by atoms with Crippen molar-refractivity contribution in [3.05, 3.63) is 41.1 Å². The quantitative estimate of drug-likeness (QED) is 0.841. The number of pyridine rings is 1. The maximum absolute atomic E-state index is 13.2. The van der Waals surface area contributed by atoms with Gasteiger partial charge in [0.2, 0.25) is 0 Å². The van der Waals surface area contributed by atoms with E-state index in [1.807, 2.05) is 24.0 Å². The van der Waals surface area contributed by atoms with Crippen LogP contribution in [0.3, 0.4) is 0 Å². The van der Waals surface area contributed by atoms with Crippen molar-refractivity contribution < 1.29 is 4.79 Å². The van der Waals surface area contributed by atoms with Gasteiger partial charge in [-0.15, -0.1) is 0 Å². The van der Waals surface area contributed by atoms with Crippen molar-refractivity contribution in [3.8, 4) is 0 Å². The third-order valence-corrected chi connectivity index (χ3v) is 5.77. The minimum atomic E-state index is 0.159. The van der Waals surface area contributed by atoms with E-state index in [2.05, 4.69) is 28.9 Å². The van der Waals surface area contributed by atoms with Gasteiger partial charge in [0.25, 0.3) is 5.91 Å². The lowest BCUT2D eigenvalue weighted by atomic mass is 10.0.